The number of pyridine rings is 1. The van der Waals surface area contributed by atoms with E-state index in [4.69, 9.17) is 0 Å². The summed E-state index contributed by atoms with van der Waals surface area (Å²) >= 11 is 0. The molecule has 2 heterocycles. The highest BCUT2D eigenvalue weighted by molar-refractivity contribution is 6.08. The molecule has 0 atom stereocenters. The molecule has 0 aliphatic carbocycles. The third-order valence-corrected chi connectivity index (χ3v) is 4.57. The molecule has 29 heavy (non-hydrogen) atoms. The molecule has 0 unspecified atom stereocenters. The Kier molecular flexibility index (Phi) is 5.07. The van der Waals surface area contributed by atoms with E-state index in [2.05, 4.69) is 15.6 Å². The third kappa shape index (κ3) is 4.01. The number of benzene rings is 2. The normalized spacial score (nSPS) is 10.7. The molecule has 144 valence electrons. The Balaban J connectivity index is 1.59. The minimum Gasteiger partial charge on any atom is -0.345 e. The van der Waals surface area contributed by atoms with Gasteiger partial charge in [0.05, 0.1) is 5.52 Å². The van der Waals surface area contributed by atoms with Crippen molar-refractivity contribution in [2.24, 2.45) is 0 Å². The molecule has 0 aliphatic heterocycles. The van der Waals surface area contributed by atoms with Crippen LogP contribution in [0.4, 0.5) is 5.69 Å². The number of aromatic nitrogens is 2. The number of fused-ring (bicyclic) bond motifs is 1. The number of hydrogen-bond acceptors (Lipinski definition) is 3. The van der Waals surface area contributed by atoms with E-state index in [0.717, 1.165) is 11.1 Å². The standard InChI is InChI=1S/C23H20N4O2/c1-16-10-12-17(13-11-16)15-24-23(29)21-26-20(19-9-5-6-14-27(19)21)22(28)25-18-7-3-2-4-8-18/h2-14H,15H2,1H3,(H,24,29)(H,25,28). The van der Waals surface area contributed by atoms with Gasteiger partial charge in [0.15, 0.2) is 5.69 Å². The Morgan fingerprint density at radius 3 is 2.38 bits per heavy atom. The SMILES string of the molecule is Cc1ccc(CNC(=O)c2nc(C(=O)Nc3ccccc3)c3ccccn23)cc1. The van der Waals surface area contributed by atoms with Crippen LogP contribution in [0.5, 0.6) is 0 Å². The Hall–Kier alpha value is -3.93. The number of hydrogen-bond donors (Lipinski definition) is 2. The largest absolute Gasteiger partial charge is 0.345 e. The zero-order valence-electron chi connectivity index (χ0n) is 15.9. The molecule has 0 aliphatic rings. The number of para-hydroxylation sites is 1. The summed E-state index contributed by atoms with van der Waals surface area (Å²) in [4.78, 5) is 29.9. The van der Waals surface area contributed by atoms with Gasteiger partial charge in [0.2, 0.25) is 5.82 Å². The van der Waals surface area contributed by atoms with Crippen molar-refractivity contribution in [2.75, 3.05) is 5.32 Å². The second-order valence-corrected chi connectivity index (χ2v) is 6.73. The molecule has 2 aromatic carbocycles. The molecule has 0 radical (unpaired) electrons. The summed E-state index contributed by atoms with van der Waals surface area (Å²) in [6.07, 6.45) is 1.72. The van der Waals surface area contributed by atoms with E-state index in [1.54, 1.807) is 34.9 Å². The molecule has 2 aromatic heterocycles. The van der Waals surface area contributed by atoms with Crippen LogP contribution >= 0.6 is 0 Å². The predicted octanol–water partition coefficient (Wildman–Crippen LogP) is 3.83. The number of rotatable bonds is 5. The van der Waals surface area contributed by atoms with Gasteiger partial charge in [-0.2, -0.15) is 0 Å². The second kappa shape index (κ2) is 7.98. The first-order chi connectivity index (χ1) is 14.1. The third-order valence-electron chi connectivity index (χ3n) is 4.57. The highest BCUT2D eigenvalue weighted by Crippen LogP contribution is 2.16. The van der Waals surface area contributed by atoms with Crippen molar-refractivity contribution < 1.29 is 9.59 Å². The van der Waals surface area contributed by atoms with Crippen molar-refractivity contribution >= 4 is 23.0 Å². The van der Waals surface area contributed by atoms with E-state index in [9.17, 15) is 9.59 Å². The number of anilines is 1. The zero-order chi connectivity index (χ0) is 20.2. The monoisotopic (exact) mass is 384 g/mol. The summed E-state index contributed by atoms with van der Waals surface area (Å²) in [6, 6.07) is 22.5. The van der Waals surface area contributed by atoms with Crippen LogP contribution in [0.2, 0.25) is 0 Å². The smallest absolute Gasteiger partial charge is 0.287 e. The first-order valence-electron chi connectivity index (χ1n) is 9.29. The molecule has 0 saturated heterocycles. The van der Waals surface area contributed by atoms with Crippen LogP contribution < -0.4 is 10.6 Å². The Bertz CT molecular complexity index is 1160. The van der Waals surface area contributed by atoms with Crippen molar-refractivity contribution in [3.05, 3.63) is 102 Å². The van der Waals surface area contributed by atoms with Gasteiger partial charge in [0, 0.05) is 18.4 Å². The van der Waals surface area contributed by atoms with Gasteiger partial charge >= 0.3 is 0 Å². The van der Waals surface area contributed by atoms with Crippen LogP contribution in [0.1, 0.15) is 32.2 Å². The Labute approximate surface area is 168 Å². The molecule has 2 amide bonds. The lowest BCUT2D eigenvalue weighted by Gasteiger charge is -2.05. The summed E-state index contributed by atoms with van der Waals surface area (Å²) in [7, 11) is 0. The number of amides is 2. The van der Waals surface area contributed by atoms with Crippen LogP contribution in [0.25, 0.3) is 5.52 Å². The minimum absolute atomic E-state index is 0.172. The molecule has 0 fully saturated rings. The number of nitrogens with zero attached hydrogens (tertiary/aromatic N) is 2. The molecular formula is C23H20N4O2. The molecule has 0 saturated carbocycles. The van der Waals surface area contributed by atoms with Crippen LogP contribution in [-0.4, -0.2) is 21.2 Å². The maximum atomic E-state index is 12.8. The van der Waals surface area contributed by atoms with Gasteiger partial charge in [-0.3, -0.25) is 14.0 Å². The van der Waals surface area contributed by atoms with Gasteiger partial charge in [-0.25, -0.2) is 4.98 Å². The summed E-state index contributed by atoms with van der Waals surface area (Å²) in [5.74, 6) is -0.533. The van der Waals surface area contributed by atoms with Gasteiger partial charge in [-0.1, -0.05) is 54.1 Å². The summed E-state index contributed by atoms with van der Waals surface area (Å²) < 4.78 is 1.63. The topological polar surface area (TPSA) is 75.5 Å². The fraction of sp³-hybridized carbons (Fsp3) is 0.0870. The molecule has 2 N–H and O–H groups in total. The fourth-order valence-corrected chi connectivity index (χ4v) is 3.04. The van der Waals surface area contributed by atoms with E-state index < -0.39 is 0 Å². The van der Waals surface area contributed by atoms with Gasteiger partial charge in [0.1, 0.15) is 0 Å². The van der Waals surface area contributed by atoms with Crippen molar-refractivity contribution in [3.8, 4) is 0 Å². The van der Waals surface area contributed by atoms with Crippen molar-refractivity contribution in [3.63, 3.8) is 0 Å². The van der Waals surface area contributed by atoms with Crippen LogP contribution in [-0.2, 0) is 6.54 Å². The quantitative estimate of drug-likeness (QED) is 0.549. The van der Waals surface area contributed by atoms with Crippen LogP contribution in [0.3, 0.4) is 0 Å². The first kappa shape index (κ1) is 18.4. The Morgan fingerprint density at radius 1 is 0.897 bits per heavy atom. The number of imidazole rings is 1. The van der Waals surface area contributed by atoms with Gasteiger partial charge < -0.3 is 10.6 Å². The molecule has 0 bridgehead atoms. The lowest BCUT2D eigenvalue weighted by atomic mass is 10.1. The molecule has 4 aromatic rings. The maximum Gasteiger partial charge on any atom is 0.287 e. The maximum absolute atomic E-state index is 12.8. The fourth-order valence-electron chi connectivity index (χ4n) is 3.04. The summed E-state index contributed by atoms with van der Waals surface area (Å²) in [5, 5.41) is 5.69. The van der Waals surface area contributed by atoms with Gasteiger partial charge in [0.25, 0.3) is 11.8 Å². The van der Waals surface area contributed by atoms with Crippen molar-refractivity contribution in [1.82, 2.24) is 14.7 Å². The Morgan fingerprint density at radius 2 is 1.62 bits per heavy atom. The number of nitrogens with one attached hydrogen (secondary N) is 2. The first-order valence-corrected chi connectivity index (χ1v) is 9.29. The molecule has 4 rings (SSSR count). The van der Waals surface area contributed by atoms with Crippen molar-refractivity contribution in [1.29, 1.82) is 0 Å². The number of carbonyl (C=O) groups excluding carboxylic acids is 2. The average Bonchev–Trinajstić information content (AvgIpc) is 3.14. The molecule has 6 nitrogen and oxygen atoms in total. The predicted molar refractivity (Wildman–Crippen MR) is 112 cm³/mol. The average molecular weight is 384 g/mol. The van der Waals surface area contributed by atoms with E-state index in [-0.39, 0.29) is 23.3 Å². The van der Waals surface area contributed by atoms with Crippen molar-refractivity contribution in [2.45, 2.75) is 13.5 Å². The van der Waals surface area contributed by atoms with E-state index in [1.807, 2.05) is 55.5 Å². The highest BCUT2D eigenvalue weighted by Gasteiger charge is 2.21. The van der Waals surface area contributed by atoms with Gasteiger partial charge in [-0.05, 0) is 36.8 Å². The zero-order valence-corrected chi connectivity index (χ0v) is 15.9. The second-order valence-electron chi connectivity index (χ2n) is 6.73. The number of carbonyl (C=O) groups is 2. The highest BCUT2D eigenvalue weighted by atomic mass is 16.2. The number of aryl methyl sites for hydroxylation is 1. The van der Waals surface area contributed by atoms with E-state index >= 15 is 0 Å². The summed E-state index contributed by atoms with van der Waals surface area (Å²) in [6.45, 7) is 2.40. The lowest BCUT2D eigenvalue weighted by Crippen LogP contribution is -2.25. The van der Waals surface area contributed by atoms with Crippen LogP contribution in [0.15, 0.2) is 79.0 Å². The van der Waals surface area contributed by atoms with E-state index in [0.29, 0.717) is 17.7 Å². The molecule has 6 heteroatoms. The molecule has 0 spiro atoms. The summed E-state index contributed by atoms with van der Waals surface area (Å²) in [5.41, 5.74) is 3.59. The minimum atomic E-state index is -0.363. The lowest BCUT2D eigenvalue weighted by molar-refractivity contribution is 0.0940. The van der Waals surface area contributed by atoms with Gasteiger partial charge in [-0.15, -0.1) is 0 Å². The molecular weight excluding hydrogens is 364 g/mol. The van der Waals surface area contributed by atoms with E-state index in [1.165, 1.54) is 0 Å². The van der Waals surface area contributed by atoms with Crippen LogP contribution in [0, 0.1) is 6.92 Å².